The van der Waals surface area contributed by atoms with Crippen molar-refractivity contribution in [2.24, 2.45) is 7.05 Å². The number of carbonyl (C=O) groups excluding carboxylic acids is 1. The molecule has 2 amide bonds. The third kappa shape index (κ3) is 5.51. The molecule has 0 unspecified atom stereocenters. The van der Waals surface area contributed by atoms with Crippen LogP contribution in [0.2, 0.25) is 0 Å². The Morgan fingerprint density at radius 2 is 1.96 bits per heavy atom. The van der Waals surface area contributed by atoms with E-state index in [0.717, 1.165) is 24.2 Å². The molecule has 0 radical (unpaired) electrons. The fraction of sp³-hybridized carbons (Fsp3) is 0.474. The van der Waals surface area contributed by atoms with Gasteiger partial charge in [-0.3, -0.25) is 4.68 Å². The van der Waals surface area contributed by atoms with Crippen LogP contribution in [0, 0.1) is 0 Å². The van der Waals surface area contributed by atoms with Crippen LogP contribution in [0.25, 0.3) is 0 Å². The lowest BCUT2D eigenvalue weighted by Gasteiger charge is -2.26. The van der Waals surface area contributed by atoms with Gasteiger partial charge in [-0.05, 0) is 24.1 Å². The second-order valence-corrected chi connectivity index (χ2v) is 7.93. The summed E-state index contributed by atoms with van der Waals surface area (Å²) in [5.74, 6) is 2.50. The first-order valence-corrected chi connectivity index (χ1v) is 10.1. The SMILES string of the molecule is CN(Cc1cnn(C)c1)C(=O)Nc1ccc(CCN2CCSCC2)cc1. The van der Waals surface area contributed by atoms with Crippen molar-refractivity contribution >= 4 is 23.5 Å². The molecule has 0 aliphatic carbocycles. The van der Waals surface area contributed by atoms with Gasteiger partial charge >= 0.3 is 6.03 Å². The van der Waals surface area contributed by atoms with Crippen molar-refractivity contribution < 1.29 is 4.79 Å². The number of urea groups is 1. The van der Waals surface area contributed by atoms with E-state index in [0.29, 0.717) is 6.54 Å². The fourth-order valence-electron chi connectivity index (χ4n) is 2.98. The summed E-state index contributed by atoms with van der Waals surface area (Å²) in [5, 5.41) is 7.08. The van der Waals surface area contributed by atoms with Crippen molar-refractivity contribution in [3.05, 3.63) is 47.8 Å². The van der Waals surface area contributed by atoms with Crippen molar-refractivity contribution in [2.75, 3.05) is 43.5 Å². The molecule has 0 atom stereocenters. The van der Waals surface area contributed by atoms with Gasteiger partial charge in [-0.1, -0.05) is 12.1 Å². The summed E-state index contributed by atoms with van der Waals surface area (Å²) in [6.07, 6.45) is 4.75. The van der Waals surface area contributed by atoms with Gasteiger partial charge in [0.25, 0.3) is 0 Å². The Morgan fingerprint density at radius 1 is 1.23 bits per heavy atom. The zero-order valence-corrected chi connectivity index (χ0v) is 16.3. The third-order valence-electron chi connectivity index (χ3n) is 4.55. The molecule has 2 heterocycles. The Bertz CT molecular complexity index is 709. The second-order valence-electron chi connectivity index (χ2n) is 6.71. The number of rotatable bonds is 6. The number of amides is 2. The van der Waals surface area contributed by atoms with Crippen LogP contribution in [0.3, 0.4) is 0 Å². The number of hydrogen-bond donors (Lipinski definition) is 1. The number of thioether (sulfide) groups is 1. The highest BCUT2D eigenvalue weighted by molar-refractivity contribution is 7.99. The molecular formula is C19H27N5OS. The van der Waals surface area contributed by atoms with Crippen LogP contribution in [0.1, 0.15) is 11.1 Å². The number of nitrogens with zero attached hydrogens (tertiary/aromatic N) is 4. The molecule has 2 aromatic rings. The van der Waals surface area contributed by atoms with Crippen LogP contribution in [-0.2, 0) is 20.0 Å². The van der Waals surface area contributed by atoms with Crippen LogP contribution < -0.4 is 5.32 Å². The van der Waals surface area contributed by atoms with E-state index in [1.165, 1.54) is 30.2 Å². The summed E-state index contributed by atoms with van der Waals surface area (Å²) in [7, 11) is 3.66. The third-order valence-corrected chi connectivity index (χ3v) is 5.49. The van der Waals surface area contributed by atoms with Crippen molar-refractivity contribution in [1.29, 1.82) is 0 Å². The number of aromatic nitrogens is 2. The molecule has 6 nitrogen and oxygen atoms in total. The van der Waals surface area contributed by atoms with Gasteiger partial charge in [0.05, 0.1) is 12.7 Å². The summed E-state index contributed by atoms with van der Waals surface area (Å²) in [6.45, 7) is 4.04. The van der Waals surface area contributed by atoms with Gasteiger partial charge in [0.15, 0.2) is 0 Å². The maximum absolute atomic E-state index is 12.3. The van der Waals surface area contributed by atoms with E-state index in [2.05, 4.69) is 27.4 Å². The van der Waals surface area contributed by atoms with Gasteiger partial charge in [0.1, 0.15) is 0 Å². The van der Waals surface area contributed by atoms with E-state index in [1.807, 2.05) is 37.1 Å². The van der Waals surface area contributed by atoms with Crippen LogP contribution in [0.4, 0.5) is 10.5 Å². The Balaban J connectivity index is 1.46. The molecule has 1 fully saturated rings. The minimum atomic E-state index is -0.118. The smallest absolute Gasteiger partial charge is 0.321 e. The molecule has 1 N–H and O–H groups in total. The number of hydrogen-bond acceptors (Lipinski definition) is 4. The number of anilines is 1. The lowest BCUT2D eigenvalue weighted by atomic mass is 10.1. The van der Waals surface area contributed by atoms with Crippen molar-refractivity contribution in [1.82, 2.24) is 19.6 Å². The van der Waals surface area contributed by atoms with E-state index in [1.54, 1.807) is 22.8 Å². The number of carbonyl (C=O) groups is 1. The number of aryl methyl sites for hydroxylation is 1. The molecule has 0 saturated carbocycles. The first kappa shape index (κ1) is 18.8. The normalized spacial score (nSPS) is 15.0. The predicted octanol–water partition coefficient (Wildman–Crippen LogP) is 2.68. The fourth-order valence-corrected chi connectivity index (χ4v) is 3.96. The Hall–Kier alpha value is -1.99. The molecule has 26 heavy (non-hydrogen) atoms. The molecule has 140 valence electrons. The Labute approximate surface area is 159 Å². The first-order valence-electron chi connectivity index (χ1n) is 8.99. The van der Waals surface area contributed by atoms with Gasteiger partial charge in [0, 0.05) is 62.7 Å². The molecule has 1 aliphatic rings. The minimum Gasteiger partial charge on any atom is -0.323 e. The van der Waals surface area contributed by atoms with Gasteiger partial charge in [0.2, 0.25) is 0 Å². The predicted molar refractivity (Wildman–Crippen MR) is 108 cm³/mol. The number of nitrogens with one attached hydrogen (secondary N) is 1. The highest BCUT2D eigenvalue weighted by atomic mass is 32.2. The maximum Gasteiger partial charge on any atom is 0.321 e. The average Bonchev–Trinajstić information content (AvgIpc) is 3.06. The minimum absolute atomic E-state index is 0.118. The summed E-state index contributed by atoms with van der Waals surface area (Å²) >= 11 is 2.04. The Morgan fingerprint density at radius 3 is 2.62 bits per heavy atom. The summed E-state index contributed by atoms with van der Waals surface area (Å²) < 4.78 is 1.74. The average molecular weight is 374 g/mol. The summed E-state index contributed by atoms with van der Waals surface area (Å²) in [5.41, 5.74) is 3.15. The highest BCUT2D eigenvalue weighted by Gasteiger charge is 2.11. The zero-order valence-electron chi connectivity index (χ0n) is 15.5. The number of benzene rings is 1. The Kier molecular flexibility index (Phi) is 6.57. The standard InChI is InChI=1S/C19H27N5OS/c1-22(14-17-13-20-23(2)15-17)19(25)21-18-5-3-16(4-6-18)7-8-24-9-11-26-12-10-24/h3-6,13,15H,7-12,14H2,1-2H3,(H,21,25). The lowest BCUT2D eigenvalue weighted by Crippen LogP contribution is -2.34. The highest BCUT2D eigenvalue weighted by Crippen LogP contribution is 2.14. The monoisotopic (exact) mass is 373 g/mol. The van der Waals surface area contributed by atoms with Gasteiger partial charge in [-0.15, -0.1) is 0 Å². The van der Waals surface area contributed by atoms with E-state index in [4.69, 9.17) is 0 Å². The van der Waals surface area contributed by atoms with Crippen LogP contribution in [0.5, 0.6) is 0 Å². The molecule has 1 aromatic heterocycles. The zero-order chi connectivity index (χ0) is 18.4. The lowest BCUT2D eigenvalue weighted by molar-refractivity contribution is 0.220. The van der Waals surface area contributed by atoms with Crippen LogP contribution >= 0.6 is 11.8 Å². The van der Waals surface area contributed by atoms with Gasteiger partial charge in [-0.25, -0.2) is 4.79 Å². The van der Waals surface area contributed by atoms with Crippen LogP contribution in [-0.4, -0.2) is 63.8 Å². The molecule has 1 saturated heterocycles. The quantitative estimate of drug-likeness (QED) is 0.846. The largest absolute Gasteiger partial charge is 0.323 e. The molecule has 7 heteroatoms. The molecule has 0 spiro atoms. The molecule has 1 aromatic carbocycles. The van der Waals surface area contributed by atoms with E-state index in [9.17, 15) is 4.79 Å². The van der Waals surface area contributed by atoms with E-state index in [-0.39, 0.29) is 6.03 Å². The van der Waals surface area contributed by atoms with Crippen molar-refractivity contribution in [3.8, 4) is 0 Å². The summed E-state index contributed by atoms with van der Waals surface area (Å²) in [4.78, 5) is 16.5. The molecular weight excluding hydrogens is 346 g/mol. The maximum atomic E-state index is 12.3. The second kappa shape index (κ2) is 9.09. The van der Waals surface area contributed by atoms with E-state index >= 15 is 0 Å². The van der Waals surface area contributed by atoms with Crippen molar-refractivity contribution in [3.63, 3.8) is 0 Å². The molecule has 3 rings (SSSR count). The molecule has 0 bridgehead atoms. The van der Waals surface area contributed by atoms with E-state index < -0.39 is 0 Å². The topological polar surface area (TPSA) is 53.4 Å². The first-order chi connectivity index (χ1) is 12.6. The summed E-state index contributed by atoms with van der Waals surface area (Å²) in [6, 6.07) is 8.06. The van der Waals surface area contributed by atoms with Gasteiger partial charge < -0.3 is 15.1 Å². The van der Waals surface area contributed by atoms with Gasteiger partial charge in [-0.2, -0.15) is 16.9 Å². The van der Waals surface area contributed by atoms with Crippen molar-refractivity contribution in [2.45, 2.75) is 13.0 Å². The molecule has 1 aliphatic heterocycles. The van der Waals surface area contributed by atoms with Crippen LogP contribution in [0.15, 0.2) is 36.7 Å².